The minimum atomic E-state index is -0.192. The van der Waals surface area contributed by atoms with Crippen LogP contribution in [0.1, 0.15) is 20.8 Å². The van der Waals surface area contributed by atoms with Crippen molar-refractivity contribution >= 4 is 18.1 Å². The molecule has 4 heteroatoms. The summed E-state index contributed by atoms with van der Waals surface area (Å²) >= 11 is 1.72. The highest BCUT2D eigenvalue weighted by molar-refractivity contribution is 7.99. The molecule has 0 spiro atoms. The third-order valence-electron chi connectivity index (χ3n) is 2.70. The van der Waals surface area contributed by atoms with E-state index in [9.17, 15) is 4.39 Å². The van der Waals surface area contributed by atoms with Gasteiger partial charge in [-0.25, -0.2) is 4.39 Å². The zero-order chi connectivity index (χ0) is 14.5. The van der Waals surface area contributed by atoms with Gasteiger partial charge >= 0.3 is 0 Å². The van der Waals surface area contributed by atoms with Gasteiger partial charge < -0.3 is 4.90 Å². The smallest absolute Gasteiger partial charge is 0.123 e. The van der Waals surface area contributed by atoms with Crippen LogP contribution >= 0.6 is 11.8 Å². The number of hydrogen-bond acceptors (Lipinski definition) is 2. The van der Waals surface area contributed by atoms with Crippen molar-refractivity contribution < 1.29 is 4.39 Å². The van der Waals surface area contributed by atoms with Gasteiger partial charge in [0.2, 0.25) is 0 Å². The molecule has 0 N–H and O–H groups in total. The summed E-state index contributed by atoms with van der Waals surface area (Å²) in [5.41, 5.74) is 0.111. The van der Waals surface area contributed by atoms with E-state index in [2.05, 4.69) is 25.8 Å². The first-order valence-corrected chi connectivity index (χ1v) is 7.35. The lowest BCUT2D eigenvalue weighted by atomic mass is 9.88. The molecule has 0 saturated carbocycles. The molecule has 1 atom stereocenters. The largest absolute Gasteiger partial charge is 0.369 e. The van der Waals surface area contributed by atoms with Crippen molar-refractivity contribution in [3.63, 3.8) is 0 Å². The molecule has 19 heavy (non-hydrogen) atoms. The van der Waals surface area contributed by atoms with Gasteiger partial charge in [0, 0.05) is 24.7 Å². The molecule has 0 bridgehead atoms. The normalized spacial score (nSPS) is 13.8. The maximum Gasteiger partial charge on any atom is 0.123 e. The fraction of sp³-hybridized carbons (Fsp3) is 0.533. The van der Waals surface area contributed by atoms with E-state index >= 15 is 0 Å². The van der Waals surface area contributed by atoms with Crippen molar-refractivity contribution in [2.75, 3.05) is 19.8 Å². The Morgan fingerprint density at radius 1 is 1.26 bits per heavy atom. The fourth-order valence-corrected chi connectivity index (χ4v) is 2.70. The molecule has 106 valence electrons. The molecule has 0 heterocycles. The van der Waals surface area contributed by atoms with Crippen LogP contribution in [0.2, 0.25) is 0 Å². The van der Waals surface area contributed by atoms with Crippen molar-refractivity contribution in [3.05, 3.63) is 30.1 Å². The second-order valence-electron chi connectivity index (χ2n) is 5.87. The Hall–Kier alpha value is -1.03. The number of hydrogen-bond donors (Lipinski definition) is 0. The third kappa shape index (κ3) is 6.10. The van der Waals surface area contributed by atoms with Gasteiger partial charge in [-0.1, -0.05) is 20.8 Å². The van der Waals surface area contributed by atoms with Crippen LogP contribution in [0.5, 0.6) is 0 Å². The fourth-order valence-electron chi connectivity index (χ4n) is 1.44. The molecular formula is C15H23FN2S. The van der Waals surface area contributed by atoms with E-state index in [1.165, 1.54) is 12.1 Å². The van der Waals surface area contributed by atoms with Crippen molar-refractivity contribution in [2.45, 2.75) is 31.7 Å². The Balaban J connectivity index is 2.65. The molecule has 0 aliphatic carbocycles. The van der Waals surface area contributed by atoms with Crippen LogP contribution < -0.4 is 0 Å². The minimum Gasteiger partial charge on any atom is -0.369 e. The van der Waals surface area contributed by atoms with Crippen LogP contribution in [-0.2, 0) is 0 Å². The lowest BCUT2D eigenvalue weighted by Gasteiger charge is -2.27. The van der Waals surface area contributed by atoms with E-state index < -0.39 is 0 Å². The quantitative estimate of drug-likeness (QED) is 0.462. The first-order valence-electron chi connectivity index (χ1n) is 6.37. The molecule has 1 rings (SSSR count). The number of nitrogens with zero attached hydrogens (tertiary/aromatic N) is 2. The summed E-state index contributed by atoms with van der Waals surface area (Å²) in [6.45, 7) is 6.57. The third-order valence-corrected chi connectivity index (χ3v) is 3.79. The average molecular weight is 282 g/mol. The van der Waals surface area contributed by atoms with Crippen molar-refractivity contribution in [1.29, 1.82) is 0 Å². The van der Waals surface area contributed by atoms with Gasteiger partial charge in [0.05, 0.1) is 12.4 Å². The van der Waals surface area contributed by atoms with Crippen LogP contribution in [0.4, 0.5) is 4.39 Å². The van der Waals surface area contributed by atoms with Gasteiger partial charge in [-0.15, -0.1) is 11.8 Å². The van der Waals surface area contributed by atoms with Crippen LogP contribution in [0, 0.1) is 11.2 Å². The summed E-state index contributed by atoms with van der Waals surface area (Å²) < 4.78 is 12.8. The summed E-state index contributed by atoms with van der Waals surface area (Å²) in [4.78, 5) is 7.66. The predicted molar refractivity (Wildman–Crippen MR) is 82.5 cm³/mol. The van der Waals surface area contributed by atoms with Gasteiger partial charge in [-0.2, -0.15) is 0 Å². The highest BCUT2D eigenvalue weighted by Crippen LogP contribution is 2.28. The Bertz CT molecular complexity index is 407. The monoisotopic (exact) mass is 282 g/mol. The van der Waals surface area contributed by atoms with E-state index in [1.54, 1.807) is 11.8 Å². The Labute approximate surface area is 120 Å². The van der Waals surface area contributed by atoms with Gasteiger partial charge in [0.15, 0.2) is 0 Å². The predicted octanol–water partition coefficient (Wildman–Crippen LogP) is 3.92. The Kier molecular flexibility index (Phi) is 5.85. The lowest BCUT2D eigenvalue weighted by Crippen LogP contribution is -2.28. The Morgan fingerprint density at radius 3 is 2.32 bits per heavy atom. The maximum absolute atomic E-state index is 12.8. The minimum absolute atomic E-state index is 0.111. The average Bonchev–Trinajstić information content (AvgIpc) is 2.29. The molecular weight excluding hydrogens is 259 g/mol. The molecule has 0 aliphatic rings. The number of aliphatic imine (C=N–C) groups is 1. The molecule has 0 aliphatic heterocycles. The van der Waals surface area contributed by atoms with Crippen LogP contribution in [0.25, 0.3) is 0 Å². The van der Waals surface area contributed by atoms with Gasteiger partial charge in [0.1, 0.15) is 5.82 Å². The number of halogens is 1. The molecule has 0 amide bonds. The standard InChI is InChI=1S/C15H23FN2S/c1-15(2,3)14(17-11-18(4)5)10-19-13-8-6-12(16)7-9-13/h6-9,11,14H,10H2,1-5H3/t14-/m1/s1. The number of rotatable bonds is 5. The number of thioether (sulfide) groups is 1. The van der Waals surface area contributed by atoms with E-state index in [-0.39, 0.29) is 17.3 Å². The summed E-state index contributed by atoms with van der Waals surface area (Å²) in [5.74, 6) is 0.696. The highest BCUT2D eigenvalue weighted by Gasteiger charge is 2.23. The van der Waals surface area contributed by atoms with E-state index in [0.29, 0.717) is 0 Å². The maximum atomic E-state index is 12.8. The molecule has 1 aromatic rings. The molecule has 0 saturated heterocycles. The van der Waals surface area contributed by atoms with E-state index in [0.717, 1.165) is 10.6 Å². The van der Waals surface area contributed by atoms with Gasteiger partial charge in [-0.3, -0.25) is 4.99 Å². The molecule has 2 nitrogen and oxygen atoms in total. The van der Waals surface area contributed by atoms with Crippen molar-refractivity contribution in [3.8, 4) is 0 Å². The van der Waals surface area contributed by atoms with Crippen LogP contribution in [0.3, 0.4) is 0 Å². The first-order chi connectivity index (χ1) is 8.79. The van der Waals surface area contributed by atoms with Crippen LogP contribution in [-0.4, -0.2) is 37.1 Å². The number of benzene rings is 1. The zero-order valence-corrected chi connectivity index (χ0v) is 13.2. The summed E-state index contributed by atoms with van der Waals surface area (Å²) in [6, 6.07) is 6.85. The summed E-state index contributed by atoms with van der Waals surface area (Å²) in [5, 5.41) is 0. The molecule has 0 fully saturated rings. The van der Waals surface area contributed by atoms with Gasteiger partial charge in [0.25, 0.3) is 0 Å². The molecule has 0 aromatic heterocycles. The summed E-state index contributed by atoms with van der Waals surface area (Å²) in [6.07, 6.45) is 1.86. The first kappa shape index (κ1) is 16.0. The SMILES string of the molecule is CN(C)C=N[C@H](CSc1ccc(F)cc1)C(C)(C)C. The summed E-state index contributed by atoms with van der Waals surface area (Å²) in [7, 11) is 3.94. The second kappa shape index (κ2) is 6.94. The highest BCUT2D eigenvalue weighted by atomic mass is 32.2. The van der Waals surface area contributed by atoms with E-state index in [1.807, 2.05) is 37.5 Å². The van der Waals surface area contributed by atoms with E-state index in [4.69, 9.17) is 0 Å². The lowest BCUT2D eigenvalue weighted by molar-refractivity contribution is 0.344. The molecule has 0 radical (unpaired) electrons. The van der Waals surface area contributed by atoms with Crippen molar-refractivity contribution in [2.24, 2.45) is 10.4 Å². The van der Waals surface area contributed by atoms with Crippen LogP contribution in [0.15, 0.2) is 34.2 Å². The second-order valence-corrected chi connectivity index (χ2v) is 6.97. The van der Waals surface area contributed by atoms with Gasteiger partial charge in [-0.05, 0) is 29.7 Å². The molecule has 0 unspecified atom stereocenters. The topological polar surface area (TPSA) is 15.6 Å². The van der Waals surface area contributed by atoms with Crippen molar-refractivity contribution in [1.82, 2.24) is 4.90 Å². The Morgan fingerprint density at radius 2 is 1.84 bits per heavy atom. The molecule has 1 aromatic carbocycles. The zero-order valence-electron chi connectivity index (χ0n) is 12.4.